The molecule has 0 aliphatic rings. The van der Waals surface area contributed by atoms with Gasteiger partial charge in [0.25, 0.3) is 0 Å². The largest absolute Gasteiger partial charge is 0.507 e. The minimum atomic E-state index is -2.06. The molecule has 2 aromatic rings. The number of hydrogen-bond donors (Lipinski definition) is 2. The molecule has 0 spiro atoms. The molecule has 0 bridgehead atoms. The molecular formula is C12H10KO3S. The van der Waals surface area contributed by atoms with Crippen molar-refractivity contribution in [1.29, 1.82) is 0 Å². The summed E-state index contributed by atoms with van der Waals surface area (Å²) in [6, 6.07) is 13.5. The average molecular weight is 273 g/mol. The van der Waals surface area contributed by atoms with Crippen molar-refractivity contribution in [1.82, 2.24) is 0 Å². The zero-order chi connectivity index (χ0) is 11.5. The molecule has 0 saturated carbocycles. The van der Waals surface area contributed by atoms with Crippen molar-refractivity contribution in [3.05, 3.63) is 48.5 Å². The zero-order valence-electron chi connectivity index (χ0n) is 9.33. The molecule has 0 aliphatic carbocycles. The van der Waals surface area contributed by atoms with E-state index in [0.29, 0.717) is 16.0 Å². The molecule has 5 heteroatoms. The number of para-hydroxylation sites is 1. The second kappa shape index (κ2) is 6.80. The van der Waals surface area contributed by atoms with Crippen molar-refractivity contribution < 1.29 is 13.9 Å². The van der Waals surface area contributed by atoms with Crippen molar-refractivity contribution in [2.75, 3.05) is 0 Å². The topological polar surface area (TPSA) is 57.5 Å². The quantitative estimate of drug-likeness (QED) is 0.652. The Labute approximate surface area is 145 Å². The van der Waals surface area contributed by atoms with E-state index in [1.165, 1.54) is 0 Å². The Kier molecular flexibility index (Phi) is 6.01. The van der Waals surface area contributed by atoms with Gasteiger partial charge in [-0.2, -0.15) is 0 Å². The van der Waals surface area contributed by atoms with Crippen LogP contribution in [-0.2, 0) is 11.1 Å². The van der Waals surface area contributed by atoms with Gasteiger partial charge in [-0.25, -0.2) is 4.21 Å². The van der Waals surface area contributed by atoms with E-state index in [1.807, 2.05) is 0 Å². The number of rotatable bonds is 2. The molecule has 2 N–H and O–H groups in total. The van der Waals surface area contributed by atoms with E-state index in [0.717, 1.165) is 0 Å². The minimum absolute atomic E-state index is 0. The summed E-state index contributed by atoms with van der Waals surface area (Å²) < 4.78 is 20.3. The van der Waals surface area contributed by atoms with Gasteiger partial charge in [-0.15, -0.1) is 0 Å². The molecule has 2 aromatic carbocycles. The molecule has 1 unspecified atom stereocenters. The summed E-state index contributed by atoms with van der Waals surface area (Å²) in [5.41, 5.74) is 1.13. The normalized spacial score (nSPS) is 11.6. The standard InChI is InChI=1S/C12H10O3S.K/c13-11-7-3-1-5-9(11)10-6-2-4-8-12(10)16(14)15;/h1-8,13H,(H,14,15);. The fourth-order valence-electron chi connectivity index (χ4n) is 1.54. The van der Waals surface area contributed by atoms with Gasteiger partial charge in [0.2, 0.25) is 0 Å². The smallest absolute Gasteiger partial charge is 0.187 e. The SMILES string of the molecule is O=S(O)c1ccccc1-c1ccccc1O.[K]. The van der Waals surface area contributed by atoms with Crippen molar-refractivity contribution in [3.63, 3.8) is 0 Å². The average Bonchev–Trinajstić information content (AvgIpc) is 2.29. The number of hydrogen-bond acceptors (Lipinski definition) is 2. The fraction of sp³-hybridized carbons (Fsp3) is 0. The van der Waals surface area contributed by atoms with Crippen LogP contribution in [0.4, 0.5) is 0 Å². The first-order valence-corrected chi connectivity index (χ1v) is 5.79. The zero-order valence-corrected chi connectivity index (χ0v) is 13.3. The van der Waals surface area contributed by atoms with Crippen LogP contribution < -0.4 is 0 Å². The van der Waals surface area contributed by atoms with Crippen molar-refractivity contribution in [3.8, 4) is 16.9 Å². The van der Waals surface area contributed by atoms with E-state index in [2.05, 4.69) is 0 Å². The monoisotopic (exact) mass is 273 g/mol. The van der Waals surface area contributed by atoms with Gasteiger partial charge in [0, 0.05) is 62.5 Å². The molecule has 0 aliphatic heterocycles. The molecule has 17 heavy (non-hydrogen) atoms. The third-order valence-electron chi connectivity index (χ3n) is 2.27. The predicted octanol–water partition coefficient (Wildman–Crippen LogP) is 2.26. The van der Waals surface area contributed by atoms with Gasteiger partial charge in [-0.05, 0) is 12.1 Å². The molecule has 2 rings (SSSR count). The van der Waals surface area contributed by atoms with Gasteiger partial charge < -0.3 is 9.66 Å². The van der Waals surface area contributed by atoms with Crippen LogP contribution in [-0.4, -0.2) is 65.3 Å². The van der Waals surface area contributed by atoms with Crippen molar-refractivity contribution >= 4 is 62.5 Å². The van der Waals surface area contributed by atoms with Gasteiger partial charge in [0.05, 0.1) is 4.90 Å². The first kappa shape index (κ1) is 15.0. The molecule has 0 heterocycles. The van der Waals surface area contributed by atoms with E-state index in [1.54, 1.807) is 48.5 Å². The summed E-state index contributed by atoms with van der Waals surface area (Å²) in [5, 5.41) is 9.69. The van der Waals surface area contributed by atoms with Crippen molar-refractivity contribution in [2.45, 2.75) is 4.90 Å². The molecule has 1 radical (unpaired) electrons. The Hall–Kier alpha value is -0.0136. The molecule has 3 nitrogen and oxygen atoms in total. The van der Waals surface area contributed by atoms with E-state index >= 15 is 0 Å². The molecule has 0 amide bonds. The maximum atomic E-state index is 11.1. The van der Waals surface area contributed by atoms with E-state index in [9.17, 15) is 9.32 Å². The third kappa shape index (κ3) is 3.48. The Morgan fingerprint density at radius 1 is 0.882 bits per heavy atom. The summed E-state index contributed by atoms with van der Waals surface area (Å²) in [7, 11) is 0. The van der Waals surface area contributed by atoms with E-state index < -0.39 is 11.1 Å². The van der Waals surface area contributed by atoms with Gasteiger partial charge in [-0.1, -0.05) is 36.4 Å². The van der Waals surface area contributed by atoms with Gasteiger partial charge >= 0.3 is 0 Å². The Bertz CT molecular complexity index is 543. The second-order valence-electron chi connectivity index (χ2n) is 3.26. The number of aromatic hydroxyl groups is 1. The number of benzene rings is 2. The van der Waals surface area contributed by atoms with E-state index in [4.69, 9.17) is 4.55 Å². The van der Waals surface area contributed by atoms with Gasteiger partial charge in [0.15, 0.2) is 11.1 Å². The minimum Gasteiger partial charge on any atom is -0.507 e. The fourth-order valence-corrected chi connectivity index (χ4v) is 2.10. The summed E-state index contributed by atoms with van der Waals surface area (Å²) in [5.74, 6) is 0.0976. The molecule has 1 atom stereocenters. The van der Waals surface area contributed by atoms with Gasteiger partial charge in [0.1, 0.15) is 5.75 Å². The van der Waals surface area contributed by atoms with Crippen LogP contribution in [0.15, 0.2) is 53.4 Å². The van der Waals surface area contributed by atoms with Gasteiger partial charge in [-0.3, -0.25) is 0 Å². The summed E-state index contributed by atoms with van der Waals surface area (Å²) >= 11 is -2.06. The van der Waals surface area contributed by atoms with Crippen LogP contribution in [0.5, 0.6) is 5.75 Å². The van der Waals surface area contributed by atoms with E-state index in [-0.39, 0.29) is 57.1 Å². The van der Waals surface area contributed by atoms with Crippen LogP contribution >= 0.6 is 0 Å². The summed E-state index contributed by atoms with van der Waals surface area (Å²) in [6.07, 6.45) is 0. The molecule has 83 valence electrons. The van der Waals surface area contributed by atoms with Crippen LogP contribution in [0.2, 0.25) is 0 Å². The van der Waals surface area contributed by atoms with Crippen LogP contribution in [0.1, 0.15) is 0 Å². The maximum Gasteiger partial charge on any atom is 0.187 e. The number of phenolic OH excluding ortho intramolecular Hbond substituents is 1. The third-order valence-corrected chi connectivity index (χ3v) is 3.00. The molecule has 0 aromatic heterocycles. The first-order chi connectivity index (χ1) is 7.70. The predicted molar refractivity (Wildman–Crippen MR) is 68.3 cm³/mol. The Balaban J connectivity index is 0.00000144. The Morgan fingerprint density at radius 3 is 2.00 bits per heavy atom. The van der Waals surface area contributed by atoms with Crippen LogP contribution in [0.25, 0.3) is 11.1 Å². The van der Waals surface area contributed by atoms with Crippen molar-refractivity contribution in [2.24, 2.45) is 0 Å². The molecule has 0 saturated heterocycles. The summed E-state index contributed by atoms with van der Waals surface area (Å²) in [6.45, 7) is 0. The molecular weight excluding hydrogens is 263 g/mol. The first-order valence-electron chi connectivity index (χ1n) is 4.68. The summed E-state index contributed by atoms with van der Waals surface area (Å²) in [4.78, 5) is 0.295. The van der Waals surface area contributed by atoms with Crippen LogP contribution in [0, 0.1) is 0 Å². The van der Waals surface area contributed by atoms with Crippen LogP contribution in [0.3, 0.4) is 0 Å². The Morgan fingerprint density at radius 2 is 1.41 bits per heavy atom. The number of phenols is 1. The second-order valence-corrected chi connectivity index (χ2v) is 4.20. The molecule has 0 fully saturated rings. The maximum absolute atomic E-state index is 11.1.